The molecule has 2 rings (SSSR count). The molecule has 0 saturated heterocycles. The van der Waals surface area contributed by atoms with Crippen LogP contribution in [0.4, 0.5) is 10.8 Å². The Labute approximate surface area is 161 Å². The summed E-state index contributed by atoms with van der Waals surface area (Å²) >= 11 is 1.35. The zero-order valence-electron chi connectivity index (χ0n) is 15.5. The number of nitro groups is 1. The number of hydrogen-bond acceptors (Lipinski definition) is 6. The molecule has 1 heterocycles. The third kappa shape index (κ3) is 6.14. The Balaban J connectivity index is 2.14. The van der Waals surface area contributed by atoms with Crippen LogP contribution in [-0.4, -0.2) is 39.7 Å². The highest BCUT2D eigenvalue weighted by Gasteiger charge is 2.21. The fourth-order valence-corrected chi connectivity index (χ4v) is 3.03. The first-order valence-electron chi connectivity index (χ1n) is 8.52. The lowest BCUT2D eigenvalue weighted by atomic mass is 10.1. The van der Waals surface area contributed by atoms with E-state index in [1.807, 2.05) is 20.8 Å². The molecule has 0 aliphatic carbocycles. The van der Waals surface area contributed by atoms with E-state index in [2.05, 4.69) is 10.3 Å². The van der Waals surface area contributed by atoms with Crippen molar-refractivity contribution in [3.05, 3.63) is 51.0 Å². The van der Waals surface area contributed by atoms with Crippen LogP contribution >= 0.6 is 11.3 Å². The van der Waals surface area contributed by atoms with E-state index in [4.69, 9.17) is 0 Å². The molecule has 144 valence electrons. The van der Waals surface area contributed by atoms with Crippen molar-refractivity contribution in [3.8, 4) is 0 Å². The van der Waals surface area contributed by atoms with Gasteiger partial charge in [-0.3, -0.25) is 19.7 Å². The first kappa shape index (κ1) is 20.5. The maximum absolute atomic E-state index is 12.8. The molecule has 27 heavy (non-hydrogen) atoms. The standard InChI is InChI=1S/C18H22N4O4S/c1-12(2)7-8-21(11-16(23)20-18-19-10-13(3)27-18)17(24)14-5-4-6-15(9-14)22(25)26/h4-6,9-10,12H,7-8,11H2,1-3H3,(H,19,20,23). The van der Waals surface area contributed by atoms with Gasteiger partial charge in [-0.2, -0.15) is 0 Å². The van der Waals surface area contributed by atoms with Crippen molar-refractivity contribution in [1.29, 1.82) is 0 Å². The van der Waals surface area contributed by atoms with Crippen molar-refractivity contribution < 1.29 is 14.5 Å². The zero-order chi connectivity index (χ0) is 20.0. The third-order valence-corrected chi connectivity index (χ3v) is 4.60. The number of rotatable bonds is 8. The number of aryl methyl sites for hydroxylation is 1. The third-order valence-electron chi connectivity index (χ3n) is 3.77. The number of nitrogens with one attached hydrogen (secondary N) is 1. The van der Waals surface area contributed by atoms with Gasteiger partial charge in [0.15, 0.2) is 5.13 Å². The molecule has 0 aliphatic heterocycles. The molecular weight excluding hydrogens is 368 g/mol. The van der Waals surface area contributed by atoms with Gasteiger partial charge in [0.1, 0.15) is 6.54 Å². The number of nitrogens with zero attached hydrogens (tertiary/aromatic N) is 3. The van der Waals surface area contributed by atoms with E-state index in [9.17, 15) is 19.7 Å². The monoisotopic (exact) mass is 390 g/mol. The molecule has 1 aromatic heterocycles. The van der Waals surface area contributed by atoms with Crippen molar-refractivity contribution in [2.45, 2.75) is 27.2 Å². The maximum atomic E-state index is 12.8. The number of nitro benzene ring substituents is 1. The first-order chi connectivity index (χ1) is 12.8. The van der Waals surface area contributed by atoms with Crippen LogP contribution in [0.2, 0.25) is 0 Å². The van der Waals surface area contributed by atoms with Crippen molar-refractivity contribution >= 4 is 34.0 Å². The van der Waals surface area contributed by atoms with Gasteiger partial charge in [0.25, 0.3) is 11.6 Å². The molecule has 0 unspecified atom stereocenters. The van der Waals surface area contributed by atoms with Gasteiger partial charge in [-0.1, -0.05) is 19.9 Å². The molecule has 0 saturated carbocycles. The Hall–Kier alpha value is -2.81. The summed E-state index contributed by atoms with van der Waals surface area (Å²) < 4.78 is 0. The quantitative estimate of drug-likeness (QED) is 0.549. The van der Waals surface area contributed by atoms with E-state index in [-0.39, 0.29) is 23.7 Å². The lowest BCUT2D eigenvalue weighted by Gasteiger charge is -2.23. The van der Waals surface area contributed by atoms with Crippen molar-refractivity contribution in [2.75, 3.05) is 18.4 Å². The van der Waals surface area contributed by atoms with Crippen LogP contribution in [0.1, 0.15) is 35.5 Å². The highest BCUT2D eigenvalue weighted by molar-refractivity contribution is 7.15. The van der Waals surface area contributed by atoms with E-state index in [1.54, 1.807) is 6.20 Å². The number of amides is 2. The molecule has 0 radical (unpaired) electrons. The molecule has 2 amide bonds. The second-order valence-electron chi connectivity index (χ2n) is 6.54. The number of aromatic nitrogens is 1. The molecule has 0 fully saturated rings. The Morgan fingerprint density at radius 3 is 2.70 bits per heavy atom. The SMILES string of the molecule is Cc1cnc(NC(=O)CN(CCC(C)C)C(=O)c2cccc([N+](=O)[O-])c2)s1. The minimum Gasteiger partial charge on any atom is -0.329 e. The Morgan fingerprint density at radius 1 is 1.37 bits per heavy atom. The molecule has 0 atom stereocenters. The lowest BCUT2D eigenvalue weighted by molar-refractivity contribution is -0.384. The number of non-ortho nitro benzene ring substituents is 1. The molecule has 1 aromatic carbocycles. The zero-order valence-corrected chi connectivity index (χ0v) is 16.3. The largest absolute Gasteiger partial charge is 0.329 e. The average molecular weight is 390 g/mol. The fourth-order valence-electron chi connectivity index (χ4n) is 2.35. The second kappa shape index (κ2) is 9.22. The molecule has 0 aliphatic rings. The summed E-state index contributed by atoms with van der Waals surface area (Å²) in [6.07, 6.45) is 2.37. The molecule has 1 N–H and O–H groups in total. The summed E-state index contributed by atoms with van der Waals surface area (Å²) in [5.74, 6) is -0.424. The number of anilines is 1. The fraction of sp³-hybridized carbons (Fsp3) is 0.389. The molecule has 0 spiro atoms. The van der Waals surface area contributed by atoms with Gasteiger partial charge in [0.2, 0.25) is 5.91 Å². The smallest absolute Gasteiger partial charge is 0.270 e. The van der Waals surface area contributed by atoms with E-state index in [0.717, 1.165) is 4.88 Å². The molecule has 9 heteroatoms. The molecule has 2 aromatic rings. The van der Waals surface area contributed by atoms with Crippen molar-refractivity contribution in [1.82, 2.24) is 9.88 Å². The van der Waals surface area contributed by atoms with Gasteiger partial charge >= 0.3 is 0 Å². The second-order valence-corrected chi connectivity index (χ2v) is 7.78. The van der Waals surface area contributed by atoms with E-state index in [1.165, 1.54) is 40.5 Å². The Morgan fingerprint density at radius 2 is 2.11 bits per heavy atom. The van der Waals surface area contributed by atoms with Crippen LogP contribution in [0.5, 0.6) is 0 Å². The van der Waals surface area contributed by atoms with Gasteiger partial charge < -0.3 is 10.2 Å². The van der Waals surface area contributed by atoms with Gasteiger partial charge in [-0.15, -0.1) is 11.3 Å². The minimum atomic E-state index is -0.549. The summed E-state index contributed by atoms with van der Waals surface area (Å²) in [7, 11) is 0. The minimum absolute atomic E-state index is 0.146. The highest BCUT2D eigenvalue weighted by atomic mass is 32.1. The summed E-state index contributed by atoms with van der Waals surface area (Å²) in [6, 6.07) is 5.53. The average Bonchev–Trinajstić information content (AvgIpc) is 3.02. The predicted molar refractivity (Wildman–Crippen MR) is 104 cm³/mol. The van der Waals surface area contributed by atoms with E-state index >= 15 is 0 Å². The van der Waals surface area contributed by atoms with Gasteiger partial charge in [-0.05, 0) is 25.3 Å². The van der Waals surface area contributed by atoms with Crippen molar-refractivity contribution in [2.24, 2.45) is 5.92 Å². The number of benzene rings is 1. The summed E-state index contributed by atoms with van der Waals surface area (Å²) in [4.78, 5) is 42.0. The highest BCUT2D eigenvalue weighted by Crippen LogP contribution is 2.18. The van der Waals surface area contributed by atoms with Crippen LogP contribution in [0.15, 0.2) is 30.5 Å². The van der Waals surface area contributed by atoms with Crippen LogP contribution in [0.25, 0.3) is 0 Å². The summed E-state index contributed by atoms with van der Waals surface area (Å²) in [5, 5.41) is 14.1. The van der Waals surface area contributed by atoms with Gasteiger partial charge in [0, 0.05) is 35.3 Å². The van der Waals surface area contributed by atoms with E-state index < -0.39 is 10.8 Å². The number of thiazole rings is 1. The van der Waals surface area contributed by atoms with Crippen LogP contribution in [-0.2, 0) is 4.79 Å². The van der Waals surface area contributed by atoms with Crippen LogP contribution in [0.3, 0.4) is 0 Å². The van der Waals surface area contributed by atoms with Crippen LogP contribution in [0, 0.1) is 23.0 Å². The van der Waals surface area contributed by atoms with E-state index in [0.29, 0.717) is 24.0 Å². The normalized spacial score (nSPS) is 10.7. The topological polar surface area (TPSA) is 105 Å². The number of carbonyl (C=O) groups is 2. The summed E-state index contributed by atoms with van der Waals surface area (Å²) in [5.41, 5.74) is 0.0261. The maximum Gasteiger partial charge on any atom is 0.270 e. The molecule has 0 bridgehead atoms. The van der Waals surface area contributed by atoms with Crippen molar-refractivity contribution in [3.63, 3.8) is 0 Å². The predicted octanol–water partition coefficient (Wildman–Crippen LogP) is 3.49. The van der Waals surface area contributed by atoms with Gasteiger partial charge in [0.05, 0.1) is 4.92 Å². The van der Waals surface area contributed by atoms with Gasteiger partial charge in [-0.25, -0.2) is 4.98 Å². The molecule has 8 nitrogen and oxygen atoms in total. The Kier molecular flexibility index (Phi) is 7.00. The molecular formula is C18H22N4O4S. The summed E-state index contributed by atoms with van der Waals surface area (Å²) in [6.45, 7) is 6.16. The van der Waals surface area contributed by atoms with Crippen LogP contribution < -0.4 is 5.32 Å². The number of hydrogen-bond donors (Lipinski definition) is 1. The lowest BCUT2D eigenvalue weighted by Crippen LogP contribution is -2.39. The number of carbonyl (C=O) groups excluding carboxylic acids is 2. The first-order valence-corrected chi connectivity index (χ1v) is 9.34. The Bertz CT molecular complexity index is 834.